The van der Waals surface area contributed by atoms with Crippen molar-refractivity contribution in [1.29, 1.82) is 0 Å². The summed E-state index contributed by atoms with van der Waals surface area (Å²) in [5.74, 6) is -0.188. The summed E-state index contributed by atoms with van der Waals surface area (Å²) in [6, 6.07) is 4.96. The second-order valence-electron chi connectivity index (χ2n) is 6.02. The van der Waals surface area contributed by atoms with Gasteiger partial charge in [0.25, 0.3) is 5.56 Å². The van der Waals surface area contributed by atoms with Crippen LogP contribution in [0.25, 0.3) is 22.9 Å². The fraction of sp³-hybridized carbons (Fsp3) is 0.353. The summed E-state index contributed by atoms with van der Waals surface area (Å²) >= 11 is 0. The molecule has 0 saturated carbocycles. The van der Waals surface area contributed by atoms with Gasteiger partial charge in [0.1, 0.15) is 5.75 Å². The SMILES string of the molecule is CCCCn1nc(-c2ccc(OC(F)(F)F)cc2)nc2c(=O)n(C)c(=O)nc1-2. The van der Waals surface area contributed by atoms with E-state index in [1.807, 2.05) is 6.92 Å². The molecule has 0 atom stereocenters. The van der Waals surface area contributed by atoms with Gasteiger partial charge >= 0.3 is 12.1 Å². The number of aryl methyl sites for hydroxylation is 1. The lowest BCUT2D eigenvalue weighted by Gasteiger charge is -2.14. The number of benzene rings is 1. The molecule has 0 unspecified atom stereocenters. The second kappa shape index (κ2) is 7.41. The maximum atomic E-state index is 12.4. The van der Waals surface area contributed by atoms with Crippen molar-refractivity contribution in [1.82, 2.24) is 24.3 Å². The van der Waals surface area contributed by atoms with Crippen molar-refractivity contribution in [3.05, 3.63) is 45.1 Å². The maximum Gasteiger partial charge on any atom is 0.573 e. The molecule has 28 heavy (non-hydrogen) atoms. The third-order valence-electron chi connectivity index (χ3n) is 3.95. The summed E-state index contributed by atoms with van der Waals surface area (Å²) < 4.78 is 43.0. The quantitative estimate of drug-likeness (QED) is 0.658. The number of aromatic nitrogens is 5. The van der Waals surface area contributed by atoms with Crippen LogP contribution < -0.4 is 16.0 Å². The van der Waals surface area contributed by atoms with Gasteiger partial charge in [-0.05, 0) is 30.7 Å². The lowest BCUT2D eigenvalue weighted by Crippen LogP contribution is -2.37. The maximum absolute atomic E-state index is 12.4. The summed E-state index contributed by atoms with van der Waals surface area (Å²) in [5, 5.41) is 4.32. The minimum absolute atomic E-state index is 0.0428. The van der Waals surface area contributed by atoms with E-state index in [0.29, 0.717) is 12.1 Å². The van der Waals surface area contributed by atoms with Crippen molar-refractivity contribution in [3.63, 3.8) is 0 Å². The first kappa shape index (κ1) is 19.5. The Balaban J connectivity index is 2.12. The summed E-state index contributed by atoms with van der Waals surface area (Å²) in [5.41, 5.74) is -0.998. The van der Waals surface area contributed by atoms with Crippen molar-refractivity contribution < 1.29 is 17.9 Å². The Labute approximate surface area is 156 Å². The van der Waals surface area contributed by atoms with Gasteiger partial charge in [0.15, 0.2) is 17.3 Å². The van der Waals surface area contributed by atoms with Gasteiger partial charge in [0.05, 0.1) is 0 Å². The van der Waals surface area contributed by atoms with Gasteiger partial charge in [0, 0.05) is 19.2 Å². The normalized spacial score (nSPS) is 11.8. The van der Waals surface area contributed by atoms with E-state index < -0.39 is 17.6 Å². The molecule has 1 aromatic carbocycles. The van der Waals surface area contributed by atoms with E-state index in [1.54, 1.807) is 0 Å². The van der Waals surface area contributed by atoms with E-state index in [0.717, 1.165) is 29.5 Å². The first-order chi connectivity index (χ1) is 13.2. The van der Waals surface area contributed by atoms with Crippen LogP contribution >= 0.6 is 0 Å². The summed E-state index contributed by atoms with van der Waals surface area (Å²) in [7, 11) is 1.29. The molecule has 0 radical (unpaired) electrons. The molecule has 0 aliphatic carbocycles. The fourth-order valence-corrected chi connectivity index (χ4v) is 2.52. The fourth-order valence-electron chi connectivity index (χ4n) is 2.52. The number of nitrogens with zero attached hydrogens (tertiary/aromatic N) is 5. The monoisotopic (exact) mass is 395 g/mol. The smallest absolute Gasteiger partial charge is 0.406 e. The van der Waals surface area contributed by atoms with Crippen LogP contribution in [0, 0.1) is 0 Å². The highest BCUT2D eigenvalue weighted by Gasteiger charge is 2.31. The average molecular weight is 395 g/mol. The van der Waals surface area contributed by atoms with Crippen LogP contribution in [0.1, 0.15) is 19.8 Å². The molecule has 0 fully saturated rings. The van der Waals surface area contributed by atoms with Crippen LogP contribution in [0.3, 0.4) is 0 Å². The highest BCUT2D eigenvalue weighted by molar-refractivity contribution is 5.60. The van der Waals surface area contributed by atoms with Crippen molar-refractivity contribution in [3.8, 4) is 28.7 Å². The number of unbranched alkanes of at least 4 members (excludes halogenated alkanes) is 1. The van der Waals surface area contributed by atoms with E-state index >= 15 is 0 Å². The van der Waals surface area contributed by atoms with Crippen LogP contribution in [-0.2, 0) is 13.6 Å². The molecule has 0 spiro atoms. The molecule has 11 heteroatoms. The highest BCUT2D eigenvalue weighted by atomic mass is 19.4. The molecule has 8 nitrogen and oxygen atoms in total. The minimum Gasteiger partial charge on any atom is -0.406 e. The zero-order valence-electron chi connectivity index (χ0n) is 15.0. The third-order valence-corrected chi connectivity index (χ3v) is 3.95. The van der Waals surface area contributed by atoms with Crippen LogP contribution in [0.15, 0.2) is 33.9 Å². The lowest BCUT2D eigenvalue weighted by atomic mass is 10.2. The van der Waals surface area contributed by atoms with E-state index in [2.05, 4.69) is 19.8 Å². The summed E-state index contributed by atoms with van der Waals surface area (Å²) in [6.45, 7) is 2.37. The Morgan fingerprint density at radius 3 is 2.39 bits per heavy atom. The molecule has 2 heterocycles. The van der Waals surface area contributed by atoms with E-state index in [-0.39, 0.29) is 23.1 Å². The predicted molar refractivity (Wildman–Crippen MR) is 93.0 cm³/mol. The van der Waals surface area contributed by atoms with Gasteiger partial charge in [-0.2, -0.15) is 10.1 Å². The summed E-state index contributed by atoms with van der Waals surface area (Å²) in [6.07, 6.45) is -3.23. The van der Waals surface area contributed by atoms with Crippen LogP contribution in [-0.4, -0.2) is 30.7 Å². The van der Waals surface area contributed by atoms with Gasteiger partial charge in [-0.25, -0.2) is 14.5 Å². The molecule has 0 bridgehead atoms. The Bertz CT molecular complexity index is 1070. The molecule has 0 saturated heterocycles. The molecule has 0 aromatic heterocycles. The largest absolute Gasteiger partial charge is 0.573 e. The van der Waals surface area contributed by atoms with E-state index in [1.165, 1.54) is 23.9 Å². The van der Waals surface area contributed by atoms with Crippen molar-refractivity contribution >= 4 is 0 Å². The topological polar surface area (TPSA) is 91.9 Å². The summed E-state index contributed by atoms with van der Waals surface area (Å²) in [4.78, 5) is 32.4. The van der Waals surface area contributed by atoms with E-state index in [4.69, 9.17) is 0 Å². The number of halogens is 3. The molecule has 3 rings (SSSR count). The standard InChI is InChI=1S/C17H16F3N5O3/c1-3-4-9-25-14-12(15(26)24(2)16(27)22-14)21-13(23-25)10-5-7-11(8-6-10)28-17(18,19)20/h5-8H,3-4,9H2,1-2H3. The first-order valence-electron chi connectivity index (χ1n) is 8.41. The van der Waals surface area contributed by atoms with Crippen LogP contribution in [0.2, 0.25) is 0 Å². The van der Waals surface area contributed by atoms with Gasteiger partial charge in [0.2, 0.25) is 0 Å². The Morgan fingerprint density at radius 1 is 1.11 bits per heavy atom. The number of fused-ring (bicyclic) bond motifs is 1. The van der Waals surface area contributed by atoms with Crippen molar-refractivity contribution in [2.45, 2.75) is 32.7 Å². The average Bonchev–Trinajstić information content (AvgIpc) is 2.64. The van der Waals surface area contributed by atoms with Crippen molar-refractivity contribution in [2.75, 3.05) is 0 Å². The van der Waals surface area contributed by atoms with E-state index in [9.17, 15) is 22.8 Å². The molecule has 148 valence electrons. The Hall–Kier alpha value is -3.24. The van der Waals surface area contributed by atoms with Gasteiger partial charge in [-0.15, -0.1) is 13.2 Å². The minimum atomic E-state index is -4.79. The predicted octanol–water partition coefficient (Wildman–Crippen LogP) is 2.20. The second-order valence-corrected chi connectivity index (χ2v) is 6.02. The van der Waals surface area contributed by atoms with Crippen molar-refractivity contribution in [2.24, 2.45) is 7.05 Å². The lowest BCUT2D eigenvalue weighted by molar-refractivity contribution is -0.274. The zero-order chi connectivity index (χ0) is 20.5. The van der Waals surface area contributed by atoms with Gasteiger partial charge in [-0.1, -0.05) is 13.3 Å². The molecule has 1 aromatic rings. The van der Waals surface area contributed by atoms with Crippen LogP contribution in [0.4, 0.5) is 13.2 Å². The number of hydrogen-bond acceptors (Lipinski definition) is 6. The molecular weight excluding hydrogens is 379 g/mol. The van der Waals surface area contributed by atoms with Gasteiger partial charge < -0.3 is 4.74 Å². The van der Waals surface area contributed by atoms with Crippen LogP contribution in [0.5, 0.6) is 5.75 Å². The zero-order valence-corrected chi connectivity index (χ0v) is 15.0. The van der Waals surface area contributed by atoms with Gasteiger partial charge in [-0.3, -0.25) is 9.36 Å². The Kier molecular flexibility index (Phi) is 5.16. The Morgan fingerprint density at radius 2 is 1.79 bits per heavy atom. The first-order valence-corrected chi connectivity index (χ1v) is 8.41. The number of rotatable bonds is 5. The molecule has 2 aliphatic heterocycles. The molecular formula is C17H16F3N5O3. The highest BCUT2D eigenvalue weighted by Crippen LogP contribution is 2.26. The molecule has 0 N–H and O–H groups in total. The number of alkyl halides is 3. The third kappa shape index (κ3) is 4.02. The number of ether oxygens (including phenoxy) is 1. The molecule has 0 amide bonds. The number of hydrogen-bond donors (Lipinski definition) is 0. The molecule has 2 aliphatic rings.